The van der Waals surface area contributed by atoms with E-state index in [0.717, 1.165) is 42.4 Å². The number of aryl methyl sites for hydroxylation is 1. The number of aromatic nitrogens is 3. The van der Waals surface area contributed by atoms with E-state index < -0.39 is 28.7 Å². The Bertz CT molecular complexity index is 1600. The molecule has 0 aliphatic heterocycles. The maximum atomic E-state index is 14.8. The smallest absolute Gasteiger partial charge is 0.315 e. The molecule has 2 aromatic carbocycles. The van der Waals surface area contributed by atoms with Crippen LogP contribution in [0, 0.1) is 24.4 Å². The highest BCUT2D eigenvalue weighted by molar-refractivity contribution is 5.93. The molecule has 2 amide bonds. The molecule has 0 saturated heterocycles. The van der Waals surface area contributed by atoms with Crippen molar-refractivity contribution in [2.24, 2.45) is 0 Å². The summed E-state index contributed by atoms with van der Waals surface area (Å²) in [6.07, 6.45) is 5.32. The van der Waals surface area contributed by atoms with Gasteiger partial charge in [-0.05, 0) is 61.7 Å². The molecule has 1 aliphatic rings. The molecule has 1 aliphatic carbocycles. The predicted octanol–water partition coefficient (Wildman–Crippen LogP) is 5.22. The first-order chi connectivity index (χ1) is 19.3. The van der Waals surface area contributed by atoms with Crippen LogP contribution in [-0.4, -0.2) is 39.7 Å². The number of hydrogen-bond acceptors (Lipinski definition) is 5. The first-order valence-corrected chi connectivity index (χ1v) is 13.2. The van der Waals surface area contributed by atoms with Crippen molar-refractivity contribution in [2.45, 2.75) is 45.1 Å². The van der Waals surface area contributed by atoms with Crippen LogP contribution in [0.15, 0.2) is 53.3 Å². The lowest BCUT2D eigenvalue weighted by molar-refractivity contribution is 0.233. The minimum absolute atomic E-state index is 0.0317. The lowest BCUT2D eigenvalue weighted by atomic mass is 9.96. The monoisotopic (exact) mass is 550 g/mol. The average Bonchev–Trinajstić information content (AvgIpc) is 2.92. The molecular weight excluding hydrogens is 521 g/mol. The van der Waals surface area contributed by atoms with Crippen LogP contribution in [0.3, 0.4) is 0 Å². The number of carbonyl (C=O) groups is 1. The van der Waals surface area contributed by atoms with E-state index in [2.05, 4.69) is 25.9 Å². The standard InChI is InChI=1S/C29H29F3N6O2/c1-17-16-18(30)10-11-20(17)25-21-12-13-24(39)38(26-22(31)8-5-9-23(26)32)27(21)37-28(36-25)33-14-15-34-29(40)35-19-6-3-2-4-7-19/h5,8-13,16,19H,2-4,6-7,14-15H2,1H3,(H,33,36,37)(H2,34,35,40). The number of anilines is 1. The number of benzene rings is 2. The molecule has 3 N–H and O–H groups in total. The van der Waals surface area contributed by atoms with E-state index in [0.29, 0.717) is 22.2 Å². The van der Waals surface area contributed by atoms with Gasteiger partial charge in [-0.3, -0.25) is 9.36 Å². The van der Waals surface area contributed by atoms with Crippen molar-refractivity contribution in [2.75, 3.05) is 18.4 Å². The Kier molecular flexibility index (Phi) is 7.99. The first kappa shape index (κ1) is 27.2. The number of fused-ring (bicyclic) bond motifs is 1. The van der Waals surface area contributed by atoms with Crippen molar-refractivity contribution in [1.29, 1.82) is 0 Å². The van der Waals surface area contributed by atoms with Crippen LogP contribution in [0.2, 0.25) is 0 Å². The number of carbonyl (C=O) groups excluding carboxylic acids is 1. The van der Waals surface area contributed by atoms with Crippen LogP contribution >= 0.6 is 0 Å². The van der Waals surface area contributed by atoms with E-state index in [4.69, 9.17) is 0 Å². The minimum atomic E-state index is -0.935. The lowest BCUT2D eigenvalue weighted by Crippen LogP contribution is -2.44. The number of nitrogens with zero attached hydrogens (tertiary/aromatic N) is 3. The van der Waals surface area contributed by atoms with Crippen LogP contribution in [0.5, 0.6) is 0 Å². The summed E-state index contributed by atoms with van der Waals surface area (Å²) < 4.78 is 44.4. The fraction of sp³-hybridized carbons (Fsp3) is 0.310. The summed E-state index contributed by atoms with van der Waals surface area (Å²) in [5.41, 5.74) is 0.187. The Hall–Kier alpha value is -4.41. The van der Waals surface area contributed by atoms with Crippen molar-refractivity contribution in [3.63, 3.8) is 0 Å². The van der Waals surface area contributed by atoms with Gasteiger partial charge < -0.3 is 16.0 Å². The zero-order valence-electron chi connectivity index (χ0n) is 21.9. The van der Waals surface area contributed by atoms with Crippen LogP contribution < -0.4 is 21.5 Å². The second-order valence-electron chi connectivity index (χ2n) is 9.83. The van der Waals surface area contributed by atoms with Gasteiger partial charge in [-0.1, -0.05) is 25.3 Å². The second-order valence-corrected chi connectivity index (χ2v) is 9.83. The molecule has 0 spiro atoms. The van der Waals surface area contributed by atoms with Crippen molar-refractivity contribution in [1.82, 2.24) is 25.2 Å². The second kappa shape index (κ2) is 11.8. The van der Waals surface area contributed by atoms with E-state index in [9.17, 15) is 22.8 Å². The highest BCUT2D eigenvalue weighted by atomic mass is 19.1. The third-order valence-corrected chi connectivity index (χ3v) is 6.99. The summed E-state index contributed by atoms with van der Waals surface area (Å²) in [4.78, 5) is 34.3. The molecule has 5 rings (SSSR count). The molecular formula is C29H29F3N6O2. The van der Waals surface area contributed by atoms with Gasteiger partial charge in [0.1, 0.15) is 23.1 Å². The molecule has 208 valence electrons. The molecule has 2 heterocycles. The third kappa shape index (κ3) is 5.78. The third-order valence-electron chi connectivity index (χ3n) is 6.99. The van der Waals surface area contributed by atoms with Gasteiger partial charge in [0.2, 0.25) is 5.95 Å². The molecule has 0 radical (unpaired) electrons. The molecule has 11 heteroatoms. The quantitative estimate of drug-likeness (QED) is 0.274. The van der Waals surface area contributed by atoms with E-state index >= 15 is 0 Å². The molecule has 4 aromatic rings. The number of nitrogens with one attached hydrogen (secondary N) is 3. The summed E-state index contributed by atoms with van der Waals surface area (Å²) >= 11 is 0. The molecule has 8 nitrogen and oxygen atoms in total. The maximum absolute atomic E-state index is 14.8. The minimum Gasteiger partial charge on any atom is -0.352 e. The summed E-state index contributed by atoms with van der Waals surface area (Å²) in [7, 11) is 0. The van der Waals surface area contributed by atoms with Crippen molar-refractivity contribution in [3.8, 4) is 16.9 Å². The Morgan fingerprint density at radius 2 is 1.73 bits per heavy atom. The van der Waals surface area contributed by atoms with Gasteiger partial charge in [0, 0.05) is 36.1 Å². The number of pyridine rings is 1. The molecule has 40 heavy (non-hydrogen) atoms. The normalized spacial score (nSPS) is 13.8. The molecule has 0 bridgehead atoms. The van der Waals surface area contributed by atoms with Crippen molar-refractivity contribution >= 4 is 23.0 Å². The fourth-order valence-electron chi connectivity index (χ4n) is 5.04. The highest BCUT2D eigenvalue weighted by Gasteiger charge is 2.20. The Labute approximate surface area is 228 Å². The van der Waals surface area contributed by atoms with Gasteiger partial charge in [0.25, 0.3) is 5.56 Å². The van der Waals surface area contributed by atoms with Gasteiger partial charge in [-0.15, -0.1) is 0 Å². The lowest BCUT2D eigenvalue weighted by Gasteiger charge is -2.22. The van der Waals surface area contributed by atoms with Crippen molar-refractivity contribution in [3.05, 3.63) is 81.9 Å². The highest BCUT2D eigenvalue weighted by Crippen LogP contribution is 2.31. The summed E-state index contributed by atoms with van der Waals surface area (Å²) in [6, 6.07) is 10.1. The van der Waals surface area contributed by atoms with E-state index in [1.807, 2.05) is 0 Å². The summed E-state index contributed by atoms with van der Waals surface area (Å²) in [5.74, 6) is -2.23. The van der Waals surface area contributed by atoms with Gasteiger partial charge in [-0.25, -0.2) is 22.9 Å². The van der Waals surface area contributed by atoms with E-state index in [1.165, 1.54) is 36.8 Å². The van der Waals surface area contributed by atoms with Gasteiger partial charge in [0.15, 0.2) is 5.65 Å². The number of para-hydroxylation sites is 1. The van der Waals surface area contributed by atoms with Crippen LogP contribution in [0.25, 0.3) is 28.0 Å². The first-order valence-electron chi connectivity index (χ1n) is 13.2. The number of hydrogen-bond donors (Lipinski definition) is 3. The number of amides is 2. The zero-order valence-corrected chi connectivity index (χ0v) is 21.9. The van der Waals surface area contributed by atoms with Crippen LogP contribution in [-0.2, 0) is 0 Å². The van der Waals surface area contributed by atoms with Gasteiger partial charge >= 0.3 is 6.03 Å². The van der Waals surface area contributed by atoms with E-state index in [-0.39, 0.29) is 36.8 Å². The Morgan fingerprint density at radius 1 is 0.975 bits per heavy atom. The molecule has 1 fully saturated rings. The van der Waals surface area contributed by atoms with E-state index in [1.54, 1.807) is 13.0 Å². The Balaban J connectivity index is 1.50. The average molecular weight is 551 g/mol. The van der Waals surface area contributed by atoms with Crippen LogP contribution in [0.4, 0.5) is 23.9 Å². The van der Waals surface area contributed by atoms with Gasteiger partial charge in [0.05, 0.1) is 5.69 Å². The fourth-order valence-corrected chi connectivity index (χ4v) is 5.04. The number of urea groups is 1. The Morgan fingerprint density at radius 3 is 2.45 bits per heavy atom. The largest absolute Gasteiger partial charge is 0.352 e. The summed E-state index contributed by atoms with van der Waals surface area (Å²) in [6.45, 7) is 2.19. The SMILES string of the molecule is Cc1cc(F)ccc1-c1nc(NCCNC(=O)NC2CCCCC2)nc2c1ccc(=O)n2-c1c(F)cccc1F. The molecule has 0 atom stereocenters. The number of rotatable bonds is 7. The summed E-state index contributed by atoms with van der Waals surface area (Å²) in [5, 5.41) is 9.14. The molecule has 1 saturated carbocycles. The number of halogens is 3. The molecule has 2 aromatic heterocycles. The topological polar surface area (TPSA) is 101 Å². The molecule has 0 unspecified atom stereocenters. The van der Waals surface area contributed by atoms with Gasteiger partial charge in [-0.2, -0.15) is 4.98 Å². The van der Waals surface area contributed by atoms with Crippen molar-refractivity contribution < 1.29 is 18.0 Å². The zero-order chi connectivity index (χ0) is 28.2. The maximum Gasteiger partial charge on any atom is 0.315 e. The predicted molar refractivity (Wildman–Crippen MR) is 147 cm³/mol. The van der Waals surface area contributed by atoms with Crippen LogP contribution in [0.1, 0.15) is 37.7 Å².